The van der Waals surface area contributed by atoms with Crippen LogP contribution in [0.4, 0.5) is 9.59 Å². The molecule has 0 saturated carbocycles. The molecule has 0 bridgehead atoms. The summed E-state index contributed by atoms with van der Waals surface area (Å²) in [6.07, 6.45) is 0.228. The molecule has 1 atom stereocenters. The van der Waals surface area contributed by atoms with Crippen molar-refractivity contribution in [1.82, 2.24) is 15.5 Å². The highest BCUT2D eigenvalue weighted by Gasteiger charge is 2.21. The highest BCUT2D eigenvalue weighted by atomic mass is 32.1. The Bertz CT molecular complexity index is 321. The monoisotopic (exact) mass is 261 g/mol. The van der Waals surface area contributed by atoms with Crippen molar-refractivity contribution in [1.29, 1.82) is 0 Å². The Hall–Kier alpha value is -1.44. The fourth-order valence-corrected chi connectivity index (χ4v) is 1.36. The zero-order valence-electron chi connectivity index (χ0n) is 9.43. The fraction of sp³-hybridized carbons (Fsp3) is 0.667. The van der Waals surface area contributed by atoms with E-state index in [1.165, 1.54) is 4.90 Å². The predicted octanol–water partition coefficient (Wildman–Crippen LogP) is -0.0697. The van der Waals surface area contributed by atoms with Crippen LogP contribution in [0, 0.1) is 0 Å². The Morgan fingerprint density at radius 1 is 1.59 bits per heavy atom. The van der Waals surface area contributed by atoms with Gasteiger partial charge in [0.15, 0.2) is 0 Å². The summed E-state index contributed by atoms with van der Waals surface area (Å²) in [5, 5.41) is 4.46. The number of carbonyl (C=O) groups is 3. The molecule has 1 rings (SSSR count). The zero-order valence-corrected chi connectivity index (χ0v) is 10.3. The Balaban J connectivity index is 2.20. The number of amides is 4. The Morgan fingerprint density at radius 3 is 2.88 bits per heavy atom. The molecule has 1 unspecified atom stereocenters. The van der Waals surface area contributed by atoms with E-state index >= 15 is 0 Å². The molecule has 1 heterocycles. The second-order valence-electron chi connectivity index (χ2n) is 3.63. The molecule has 1 aliphatic rings. The number of imide groups is 1. The number of ether oxygens (including phenoxy) is 1. The lowest BCUT2D eigenvalue weighted by molar-refractivity contribution is -0.143. The van der Waals surface area contributed by atoms with Crippen LogP contribution in [0.25, 0.3) is 0 Å². The van der Waals surface area contributed by atoms with Crippen LogP contribution in [0.5, 0.6) is 0 Å². The largest absolute Gasteiger partial charge is 0.464 e. The van der Waals surface area contributed by atoms with Crippen molar-refractivity contribution in [2.45, 2.75) is 18.6 Å². The first-order valence-electron chi connectivity index (χ1n) is 5.16. The minimum atomic E-state index is -0.521. The number of nitrogens with zero attached hydrogens (tertiary/aromatic N) is 1. The van der Waals surface area contributed by atoms with Gasteiger partial charge in [-0.2, -0.15) is 12.6 Å². The van der Waals surface area contributed by atoms with Crippen molar-refractivity contribution in [3.05, 3.63) is 0 Å². The highest BCUT2D eigenvalue weighted by molar-refractivity contribution is 7.80. The molecule has 17 heavy (non-hydrogen) atoms. The minimum absolute atomic E-state index is 0.0555. The maximum Gasteiger partial charge on any atom is 0.327 e. The van der Waals surface area contributed by atoms with Crippen LogP contribution in [-0.2, 0) is 9.53 Å². The molecule has 0 aromatic carbocycles. The molecule has 8 heteroatoms. The van der Waals surface area contributed by atoms with Gasteiger partial charge in [-0.15, -0.1) is 0 Å². The van der Waals surface area contributed by atoms with Gasteiger partial charge in [0.2, 0.25) is 0 Å². The summed E-state index contributed by atoms with van der Waals surface area (Å²) >= 11 is 4.06. The number of nitrogens with one attached hydrogen (secondary N) is 2. The molecule has 0 aromatic rings. The third kappa shape index (κ3) is 4.94. The van der Waals surface area contributed by atoms with E-state index in [0.29, 0.717) is 0 Å². The standard InChI is InChI=1S/C9H15N3O4S/c1-6(17)4-7(13)16-3-2-12-5-10-8(14)11-9(12)15/h6,17H,2-5H2,1H3,(H2,10,11,14,15). The number of thiol groups is 1. The molecule has 0 radical (unpaired) electrons. The van der Waals surface area contributed by atoms with Crippen LogP contribution in [0.15, 0.2) is 0 Å². The summed E-state index contributed by atoms with van der Waals surface area (Å²) in [5.74, 6) is -0.353. The molecule has 2 N–H and O–H groups in total. The average Bonchev–Trinajstić information content (AvgIpc) is 2.20. The maximum absolute atomic E-state index is 11.3. The highest BCUT2D eigenvalue weighted by Crippen LogP contribution is 2.01. The van der Waals surface area contributed by atoms with Crippen molar-refractivity contribution in [3.8, 4) is 0 Å². The molecule has 4 amide bonds. The van der Waals surface area contributed by atoms with Crippen molar-refractivity contribution in [2.24, 2.45) is 0 Å². The predicted molar refractivity (Wildman–Crippen MR) is 62.7 cm³/mol. The van der Waals surface area contributed by atoms with E-state index in [9.17, 15) is 14.4 Å². The number of rotatable bonds is 5. The lowest BCUT2D eigenvalue weighted by atomic mass is 10.3. The summed E-state index contributed by atoms with van der Waals surface area (Å²) < 4.78 is 4.91. The Morgan fingerprint density at radius 2 is 2.29 bits per heavy atom. The molecular formula is C9H15N3O4S. The van der Waals surface area contributed by atoms with Gasteiger partial charge in [-0.25, -0.2) is 9.59 Å². The molecule has 1 fully saturated rings. The molecule has 1 saturated heterocycles. The van der Waals surface area contributed by atoms with Crippen molar-refractivity contribution in [2.75, 3.05) is 19.8 Å². The molecule has 1 aliphatic heterocycles. The van der Waals surface area contributed by atoms with E-state index in [1.807, 2.05) is 0 Å². The molecule has 0 aliphatic carbocycles. The molecule has 0 spiro atoms. The van der Waals surface area contributed by atoms with Gasteiger partial charge in [0.1, 0.15) is 6.61 Å². The maximum atomic E-state index is 11.3. The van der Waals surface area contributed by atoms with Crippen LogP contribution in [-0.4, -0.2) is 48.0 Å². The van der Waals surface area contributed by atoms with Crippen LogP contribution < -0.4 is 10.6 Å². The lowest BCUT2D eigenvalue weighted by Crippen LogP contribution is -2.57. The quantitative estimate of drug-likeness (QED) is 0.477. The number of hydrogen-bond acceptors (Lipinski definition) is 5. The van der Waals surface area contributed by atoms with E-state index in [-0.39, 0.29) is 37.5 Å². The van der Waals surface area contributed by atoms with Gasteiger partial charge >= 0.3 is 18.0 Å². The van der Waals surface area contributed by atoms with Gasteiger partial charge in [-0.3, -0.25) is 10.1 Å². The molecule has 0 aromatic heterocycles. The summed E-state index contributed by atoms with van der Waals surface area (Å²) in [5.41, 5.74) is 0. The Labute approximate surface area is 104 Å². The number of hydrogen-bond donors (Lipinski definition) is 3. The van der Waals surface area contributed by atoms with Gasteiger partial charge < -0.3 is 15.0 Å². The second kappa shape index (κ2) is 6.33. The topological polar surface area (TPSA) is 87.7 Å². The van der Waals surface area contributed by atoms with Crippen LogP contribution >= 0.6 is 12.6 Å². The van der Waals surface area contributed by atoms with Crippen LogP contribution in [0.1, 0.15) is 13.3 Å². The fourth-order valence-electron chi connectivity index (χ4n) is 1.21. The lowest BCUT2D eigenvalue weighted by Gasteiger charge is -2.26. The summed E-state index contributed by atoms with van der Waals surface area (Å²) in [7, 11) is 0. The molecular weight excluding hydrogens is 246 g/mol. The first kappa shape index (κ1) is 13.6. The molecule has 96 valence electrons. The Kier molecular flexibility index (Phi) is 5.08. The van der Waals surface area contributed by atoms with Crippen molar-refractivity contribution in [3.63, 3.8) is 0 Å². The second-order valence-corrected chi connectivity index (χ2v) is 4.51. The van der Waals surface area contributed by atoms with E-state index < -0.39 is 12.1 Å². The zero-order chi connectivity index (χ0) is 12.8. The number of carbonyl (C=O) groups excluding carboxylic acids is 3. The van der Waals surface area contributed by atoms with Gasteiger partial charge in [0, 0.05) is 5.25 Å². The van der Waals surface area contributed by atoms with Crippen molar-refractivity contribution >= 4 is 30.7 Å². The third-order valence-electron chi connectivity index (χ3n) is 2.02. The van der Waals surface area contributed by atoms with Crippen LogP contribution in [0.2, 0.25) is 0 Å². The summed E-state index contributed by atoms with van der Waals surface area (Å²) in [6.45, 7) is 2.24. The first-order valence-corrected chi connectivity index (χ1v) is 5.68. The summed E-state index contributed by atoms with van der Waals surface area (Å²) in [6, 6.07) is -1.01. The average molecular weight is 261 g/mol. The molecule has 7 nitrogen and oxygen atoms in total. The normalized spacial score (nSPS) is 17.2. The van der Waals surface area contributed by atoms with Gasteiger partial charge in [-0.05, 0) is 0 Å². The number of esters is 1. The van der Waals surface area contributed by atoms with Crippen LogP contribution in [0.3, 0.4) is 0 Å². The SMILES string of the molecule is CC(S)CC(=O)OCCN1CNC(=O)NC1=O. The first-order chi connectivity index (χ1) is 7.99. The van der Waals surface area contributed by atoms with Gasteiger partial charge in [-0.1, -0.05) is 6.92 Å². The van der Waals surface area contributed by atoms with Gasteiger partial charge in [0.25, 0.3) is 0 Å². The van der Waals surface area contributed by atoms with Gasteiger partial charge in [0.05, 0.1) is 19.6 Å². The summed E-state index contributed by atoms with van der Waals surface area (Å²) in [4.78, 5) is 34.5. The third-order valence-corrected chi connectivity index (χ3v) is 2.21. The van der Waals surface area contributed by atoms with E-state index in [1.54, 1.807) is 6.92 Å². The van der Waals surface area contributed by atoms with E-state index in [2.05, 4.69) is 23.3 Å². The van der Waals surface area contributed by atoms with E-state index in [4.69, 9.17) is 4.74 Å². The van der Waals surface area contributed by atoms with E-state index in [0.717, 1.165) is 0 Å². The smallest absolute Gasteiger partial charge is 0.327 e. The minimum Gasteiger partial charge on any atom is -0.464 e. The number of urea groups is 2. The van der Waals surface area contributed by atoms with Crippen molar-refractivity contribution < 1.29 is 19.1 Å².